The molecular weight excluding hydrogens is 599 g/mol. The Kier molecular flexibility index (Phi) is 9.45. The molecule has 0 saturated carbocycles. The molecule has 0 N–H and O–H groups in total. The van der Waals surface area contributed by atoms with Crippen molar-refractivity contribution < 1.29 is 21.7 Å². The molecule has 8 rings (SSSR count). The van der Waals surface area contributed by atoms with Gasteiger partial charge in [0.05, 0.1) is 0 Å². The summed E-state index contributed by atoms with van der Waals surface area (Å²) in [5.74, 6) is 0.776. The van der Waals surface area contributed by atoms with Gasteiger partial charge in [-0.2, -0.15) is 0 Å². The van der Waals surface area contributed by atoms with Gasteiger partial charge in [-0.25, -0.2) is 0 Å². The third-order valence-corrected chi connectivity index (χ3v) is 8.97. The second-order valence-corrected chi connectivity index (χ2v) is 11.2. The third-order valence-electron chi connectivity index (χ3n) is 8.97. The van der Waals surface area contributed by atoms with E-state index in [1.54, 1.807) is 0 Å². The van der Waals surface area contributed by atoms with Crippen LogP contribution in [-0.2, 0) is 34.6 Å². The van der Waals surface area contributed by atoms with Gasteiger partial charge in [0.25, 0.3) is 0 Å². The van der Waals surface area contributed by atoms with Crippen molar-refractivity contribution in [3.05, 3.63) is 167 Å². The van der Waals surface area contributed by atoms with Crippen LogP contribution in [0.3, 0.4) is 0 Å². The summed E-state index contributed by atoms with van der Waals surface area (Å²) < 4.78 is 0. The maximum atomic E-state index is 2.40. The Morgan fingerprint density at radius 2 is 0.814 bits per heavy atom. The summed E-state index contributed by atoms with van der Waals surface area (Å²) in [5, 5.41) is 5.28. The summed E-state index contributed by atoms with van der Waals surface area (Å²) in [6.07, 6.45) is 11.4. The molecule has 0 bridgehead atoms. The molecule has 43 heavy (non-hydrogen) atoms. The zero-order chi connectivity index (χ0) is 26.5. The number of rotatable bonds is 5. The van der Waals surface area contributed by atoms with Crippen molar-refractivity contribution in [1.29, 1.82) is 0 Å². The predicted molar refractivity (Wildman–Crippen MR) is 185 cm³/mol. The maximum absolute atomic E-state index is 2.40. The molecule has 0 saturated heterocycles. The largest absolute Gasteiger partial charge is 0.147 e. The fourth-order valence-electron chi connectivity index (χ4n) is 7.04. The van der Waals surface area contributed by atoms with Crippen LogP contribution in [0.1, 0.15) is 45.2 Å². The summed E-state index contributed by atoms with van der Waals surface area (Å²) in [7, 11) is 0. The second-order valence-electron chi connectivity index (χ2n) is 11.2. The molecule has 0 heterocycles. The first-order chi connectivity index (χ1) is 19.8. The van der Waals surface area contributed by atoms with Gasteiger partial charge in [0.15, 0.2) is 0 Å². The Labute approximate surface area is 281 Å². The molecule has 0 radical (unpaired) electrons. The van der Waals surface area contributed by atoms with Crippen LogP contribution < -0.4 is 0 Å². The Hall–Kier alpha value is -3.39. The van der Waals surface area contributed by atoms with Crippen molar-refractivity contribution in [2.75, 3.05) is 0 Å². The average molecular weight is 631 g/mol. The second kappa shape index (κ2) is 13.1. The van der Waals surface area contributed by atoms with E-state index < -0.39 is 0 Å². The van der Waals surface area contributed by atoms with Gasteiger partial charge in [-0.15, -0.1) is 24.8 Å². The van der Waals surface area contributed by atoms with Crippen molar-refractivity contribution in [1.82, 2.24) is 0 Å². The fourth-order valence-corrected chi connectivity index (χ4v) is 7.04. The van der Waals surface area contributed by atoms with Gasteiger partial charge in [-0.05, 0) is 78.9 Å². The average Bonchev–Trinajstić information content (AvgIpc) is 3.61. The number of allylic oxidation sites excluding steroid dienone is 2. The molecule has 2 aliphatic carbocycles. The van der Waals surface area contributed by atoms with Crippen molar-refractivity contribution in [2.24, 2.45) is 0 Å². The molecule has 0 fully saturated rings. The maximum Gasteiger partial charge on any atom is 0.00678 e. The monoisotopic (exact) mass is 630 g/mol. The quantitative estimate of drug-likeness (QED) is 0.166. The molecule has 6 aromatic rings. The smallest absolute Gasteiger partial charge is 0.00678 e. The van der Waals surface area contributed by atoms with Crippen LogP contribution in [0.4, 0.5) is 0 Å². The number of fused-ring (bicyclic) bond motifs is 4. The van der Waals surface area contributed by atoms with Gasteiger partial charge in [0.1, 0.15) is 0 Å². The number of hydrogen-bond donors (Lipinski definition) is 0. The van der Waals surface area contributed by atoms with Crippen LogP contribution in [-0.4, -0.2) is 0 Å². The topological polar surface area (TPSA) is 0 Å². The number of benzene rings is 6. The Balaban J connectivity index is 0.00000123. The number of halogens is 2. The van der Waals surface area contributed by atoms with Crippen LogP contribution >= 0.6 is 24.8 Å². The third kappa shape index (κ3) is 5.55. The number of hydrogen-bond acceptors (Lipinski definition) is 0. The molecule has 2 aliphatic rings. The molecule has 6 aromatic carbocycles. The van der Waals surface area contributed by atoms with Gasteiger partial charge in [-0.3, -0.25) is 0 Å². The molecule has 210 valence electrons. The Morgan fingerprint density at radius 1 is 0.419 bits per heavy atom. The van der Waals surface area contributed by atoms with Gasteiger partial charge in [0.2, 0.25) is 0 Å². The molecule has 0 amide bonds. The molecule has 0 aliphatic heterocycles. The zero-order valence-electron chi connectivity index (χ0n) is 23.7. The van der Waals surface area contributed by atoms with Crippen LogP contribution in [0, 0.1) is 0 Å². The van der Waals surface area contributed by atoms with E-state index >= 15 is 0 Å². The van der Waals surface area contributed by atoms with Crippen LogP contribution in [0.2, 0.25) is 0 Å². The van der Waals surface area contributed by atoms with Crippen molar-refractivity contribution in [3.8, 4) is 11.1 Å². The van der Waals surface area contributed by atoms with Crippen molar-refractivity contribution >= 4 is 58.5 Å². The molecule has 1 unspecified atom stereocenters. The van der Waals surface area contributed by atoms with E-state index in [1.165, 1.54) is 66.1 Å². The molecule has 0 spiro atoms. The van der Waals surface area contributed by atoms with E-state index in [9.17, 15) is 0 Å². The first kappa shape index (κ1) is 31.1. The van der Waals surface area contributed by atoms with E-state index in [4.69, 9.17) is 0 Å². The fraction of sp³-hybridized carbons (Fsp3) is 0.100. The summed E-state index contributed by atoms with van der Waals surface area (Å²) in [5.41, 5.74) is 11.2. The molecule has 0 aromatic heterocycles. The summed E-state index contributed by atoms with van der Waals surface area (Å²) >= 11 is 0. The van der Waals surface area contributed by atoms with Crippen molar-refractivity contribution in [3.63, 3.8) is 0 Å². The first-order valence-electron chi connectivity index (χ1n) is 14.4. The molecule has 3 heteroatoms. The standard InChI is InChI=1S/C40H30.2ClH.Ti/c1-5-13-35-27(9-1)17-21-31(35)25-33-23-19-29-11-3-7-15-37(29)39(33)40-34(24-20-30-12-4-8-16-38(30)40)26-32-22-18-28-10-2-6-14-36(28)32;;;/h1-24,31-32H,25-26H2;2*1H;/t31-,32?;;;/m1.../s1. The summed E-state index contributed by atoms with van der Waals surface area (Å²) in [6.45, 7) is 0. The van der Waals surface area contributed by atoms with E-state index in [2.05, 4.69) is 146 Å². The van der Waals surface area contributed by atoms with E-state index in [0.717, 1.165) is 12.8 Å². The molecule has 2 atom stereocenters. The molecule has 0 nitrogen and oxygen atoms in total. The minimum absolute atomic E-state index is 0. The first-order valence-corrected chi connectivity index (χ1v) is 14.4. The van der Waals surface area contributed by atoms with Gasteiger partial charge in [0, 0.05) is 33.6 Å². The Bertz CT molecular complexity index is 1840. The predicted octanol–water partition coefficient (Wildman–Crippen LogP) is 11.2. The van der Waals surface area contributed by atoms with Gasteiger partial charge in [-0.1, -0.05) is 146 Å². The SMILES string of the molecule is C1=CC(Cc2ccc3ccccc3c2-c2c(C[C@H]3C=Cc4ccccc43)ccc3ccccc23)c2ccccc21.Cl.Cl.[Ti]. The van der Waals surface area contributed by atoms with Gasteiger partial charge >= 0.3 is 0 Å². The summed E-state index contributed by atoms with van der Waals surface area (Å²) in [6, 6.07) is 45.0. The zero-order valence-corrected chi connectivity index (χ0v) is 26.9. The molecular formula is C40H32Cl2Ti. The van der Waals surface area contributed by atoms with Crippen LogP contribution in [0.15, 0.2) is 133 Å². The van der Waals surface area contributed by atoms with Crippen LogP contribution in [0.5, 0.6) is 0 Å². The van der Waals surface area contributed by atoms with E-state index in [0.29, 0.717) is 11.8 Å². The van der Waals surface area contributed by atoms with E-state index in [1.807, 2.05) is 0 Å². The Morgan fingerprint density at radius 3 is 1.28 bits per heavy atom. The minimum Gasteiger partial charge on any atom is -0.147 e. The van der Waals surface area contributed by atoms with E-state index in [-0.39, 0.29) is 46.5 Å². The van der Waals surface area contributed by atoms with Crippen LogP contribution in [0.25, 0.3) is 44.8 Å². The van der Waals surface area contributed by atoms with Crippen molar-refractivity contribution in [2.45, 2.75) is 24.7 Å². The normalized spacial score (nSPS) is 15.8. The summed E-state index contributed by atoms with van der Waals surface area (Å²) in [4.78, 5) is 0. The minimum atomic E-state index is 0. The van der Waals surface area contributed by atoms with Gasteiger partial charge < -0.3 is 0 Å².